The highest BCUT2D eigenvalue weighted by atomic mass is 16.5. The van der Waals surface area contributed by atoms with E-state index < -0.39 is 0 Å². The van der Waals surface area contributed by atoms with Gasteiger partial charge in [-0.25, -0.2) is 4.98 Å². The smallest absolute Gasteiger partial charge is 0.227 e. The van der Waals surface area contributed by atoms with Crippen molar-refractivity contribution < 1.29 is 9.15 Å². The molecule has 0 amide bonds. The van der Waals surface area contributed by atoms with Gasteiger partial charge in [0.2, 0.25) is 5.89 Å². The average molecular weight is 253 g/mol. The Kier molecular flexibility index (Phi) is 2.75. The maximum Gasteiger partial charge on any atom is 0.227 e. The number of rotatable bonds is 2. The molecule has 96 valence electrons. The Bertz CT molecular complexity index is 744. The van der Waals surface area contributed by atoms with Crippen LogP contribution in [0, 0.1) is 13.8 Å². The van der Waals surface area contributed by atoms with E-state index in [2.05, 4.69) is 18.0 Å². The first-order valence-corrected chi connectivity index (χ1v) is 6.19. The Morgan fingerprint density at radius 3 is 2.74 bits per heavy atom. The van der Waals surface area contributed by atoms with Gasteiger partial charge in [0.25, 0.3) is 0 Å². The average Bonchev–Trinajstić information content (AvgIpc) is 2.83. The molecule has 0 N–H and O–H groups in total. The molecule has 3 heteroatoms. The monoisotopic (exact) mass is 253 g/mol. The van der Waals surface area contributed by atoms with Gasteiger partial charge in [0.05, 0.1) is 7.11 Å². The zero-order valence-corrected chi connectivity index (χ0v) is 11.2. The zero-order valence-electron chi connectivity index (χ0n) is 11.2. The molecule has 0 bridgehead atoms. The van der Waals surface area contributed by atoms with Crippen molar-refractivity contribution >= 4 is 11.1 Å². The van der Waals surface area contributed by atoms with Crippen LogP contribution in [0.1, 0.15) is 11.1 Å². The molecule has 19 heavy (non-hydrogen) atoms. The fourth-order valence-electron chi connectivity index (χ4n) is 2.25. The van der Waals surface area contributed by atoms with Gasteiger partial charge < -0.3 is 9.15 Å². The number of aryl methyl sites for hydroxylation is 2. The summed E-state index contributed by atoms with van der Waals surface area (Å²) in [6, 6.07) is 11.9. The molecule has 0 aliphatic carbocycles. The molecule has 0 saturated heterocycles. The molecule has 1 heterocycles. The number of methoxy groups -OCH3 is 1. The molecular weight excluding hydrogens is 238 g/mol. The van der Waals surface area contributed by atoms with Crippen LogP contribution in [0.3, 0.4) is 0 Å². The lowest BCUT2D eigenvalue weighted by molar-refractivity contribution is 0.415. The summed E-state index contributed by atoms with van der Waals surface area (Å²) in [5.41, 5.74) is 4.98. The third-order valence-electron chi connectivity index (χ3n) is 3.15. The van der Waals surface area contributed by atoms with Crippen LogP contribution < -0.4 is 4.74 Å². The molecule has 1 aromatic heterocycles. The third-order valence-corrected chi connectivity index (χ3v) is 3.15. The van der Waals surface area contributed by atoms with Crippen molar-refractivity contribution in [1.82, 2.24) is 4.98 Å². The van der Waals surface area contributed by atoms with Crippen LogP contribution in [0.15, 0.2) is 40.8 Å². The second-order valence-electron chi connectivity index (χ2n) is 4.68. The highest BCUT2D eigenvalue weighted by Crippen LogP contribution is 2.28. The molecule has 3 rings (SSSR count). The molecule has 0 unspecified atom stereocenters. The number of hydrogen-bond donors (Lipinski definition) is 0. The number of oxazole rings is 1. The Hall–Kier alpha value is -2.29. The Morgan fingerprint density at radius 2 is 1.95 bits per heavy atom. The molecular formula is C16H15NO2. The molecule has 0 aliphatic rings. The van der Waals surface area contributed by atoms with Crippen LogP contribution in [0.4, 0.5) is 0 Å². The second kappa shape index (κ2) is 4.43. The summed E-state index contributed by atoms with van der Waals surface area (Å²) < 4.78 is 11.1. The number of ether oxygens (including phenoxy) is 1. The van der Waals surface area contributed by atoms with Crippen molar-refractivity contribution in [3.63, 3.8) is 0 Å². The van der Waals surface area contributed by atoms with E-state index in [0.717, 1.165) is 28.0 Å². The molecule has 3 nitrogen and oxygen atoms in total. The lowest BCUT2D eigenvalue weighted by atomic mass is 10.1. The van der Waals surface area contributed by atoms with E-state index >= 15 is 0 Å². The quantitative estimate of drug-likeness (QED) is 0.689. The lowest BCUT2D eigenvalue weighted by Crippen LogP contribution is -1.83. The molecule has 0 spiro atoms. The van der Waals surface area contributed by atoms with E-state index in [9.17, 15) is 0 Å². The minimum absolute atomic E-state index is 0.627. The number of hydrogen-bond acceptors (Lipinski definition) is 3. The molecule has 2 aromatic carbocycles. The van der Waals surface area contributed by atoms with Gasteiger partial charge in [-0.1, -0.05) is 12.1 Å². The van der Waals surface area contributed by atoms with Crippen LogP contribution in [0.5, 0.6) is 5.75 Å². The van der Waals surface area contributed by atoms with Crippen LogP contribution in [-0.4, -0.2) is 12.1 Å². The molecule has 0 atom stereocenters. The van der Waals surface area contributed by atoms with Crippen molar-refractivity contribution in [2.45, 2.75) is 13.8 Å². The minimum atomic E-state index is 0.627. The Morgan fingerprint density at radius 1 is 1.11 bits per heavy atom. The van der Waals surface area contributed by atoms with Crippen LogP contribution in [-0.2, 0) is 0 Å². The topological polar surface area (TPSA) is 35.3 Å². The van der Waals surface area contributed by atoms with Gasteiger partial charge in [-0.05, 0) is 49.2 Å². The maximum absolute atomic E-state index is 5.85. The number of aromatic nitrogens is 1. The number of nitrogens with zero attached hydrogens (tertiary/aromatic N) is 1. The summed E-state index contributed by atoms with van der Waals surface area (Å²) in [5.74, 6) is 1.43. The molecule has 3 aromatic rings. The normalized spacial score (nSPS) is 10.9. The first-order chi connectivity index (χ1) is 9.17. The van der Waals surface area contributed by atoms with Crippen molar-refractivity contribution in [2.24, 2.45) is 0 Å². The first-order valence-electron chi connectivity index (χ1n) is 6.19. The summed E-state index contributed by atoms with van der Waals surface area (Å²) in [4.78, 5) is 4.58. The zero-order chi connectivity index (χ0) is 13.4. The fourth-order valence-corrected chi connectivity index (χ4v) is 2.25. The van der Waals surface area contributed by atoms with E-state index in [-0.39, 0.29) is 0 Å². The van der Waals surface area contributed by atoms with Gasteiger partial charge in [-0.15, -0.1) is 0 Å². The van der Waals surface area contributed by atoms with E-state index in [1.165, 1.54) is 5.56 Å². The van der Waals surface area contributed by atoms with Crippen LogP contribution in [0.25, 0.3) is 22.6 Å². The second-order valence-corrected chi connectivity index (χ2v) is 4.68. The molecule has 0 aliphatic heterocycles. The lowest BCUT2D eigenvalue weighted by Gasteiger charge is -2.00. The van der Waals surface area contributed by atoms with Crippen LogP contribution in [0.2, 0.25) is 0 Å². The third kappa shape index (κ3) is 2.08. The summed E-state index contributed by atoms with van der Waals surface area (Å²) in [6.07, 6.45) is 0. The van der Waals surface area contributed by atoms with E-state index in [1.54, 1.807) is 7.11 Å². The summed E-state index contributed by atoms with van der Waals surface area (Å²) >= 11 is 0. The summed E-state index contributed by atoms with van der Waals surface area (Å²) in [5, 5.41) is 0. The Labute approximate surface area is 111 Å². The highest BCUT2D eigenvalue weighted by molar-refractivity contribution is 5.80. The number of benzene rings is 2. The number of fused-ring (bicyclic) bond motifs is 1. The Balaban J connectivity index is 2.17. The molecule has 0 radical (unpaired) electrons. The van der Waals surface area contributed by atoms with Gasteiger partial charge in [-0.2, -0.15) is 0 Å². The maximum atomic E-state index is 5.85. The van der Waals surface area contributed by atoms with Gasteiger partial charge >= 0.3 is 0 Å². The van der Waals surface area contributed by atoms with Crippen molar-refractivity contribution in [3.05, 3.63) is 47.5 Å². The van der Waals surface area contributed by atoms with Gasteiger partial charge in [0.15, 0.2) is 5.58 Å². The highest BCUT2D eigenvalue weighted by Gasteiger charge is 2.11. The van der Waals surface area contributed by atoms with E-state index in [4.69, 9.17) is 9.15 Å². The largest absolute Gasteiger partial charge is 0.497 e. The van der Waals surface area contributed by atoms with Crippen molar-refractivity contribution in [1.29, 1.82) is 0 Å². The van der Waals surface area contributed by atoms with E-state index in [0.29, 0.717) is 5.89 Å². The van der Waals surface area contributed by atoms with Gasteiger partial charge in [-0.3, -0.25) is 0 Å². The standard InChI is InChI=1S/C16H15NO2/c1-10-7-11(2)15-14(8-10)19-16(17-15)12-5-4-6-13(9-12)18-3/h4-9H,1-3H3. The predicted octanol–water partition coefficient (Wildman–Crippen LogP) is 4.12. The SMILES string of the molecule is COc1cccc(-c2nc3c(C)cc(C)cc3o2)c1. The van der Waals surface area contributed by atoms with Crippen molar-refractivity contribution in [3.8, 4) is 17.2 Å². The molecule has 0 fully saturated rings. The first kappa shape index (κ1) is 11.8. The fraction of sp³-hybridized carbons (Fsp3) is 0.188. The minimum Gasteiger partial charge on any atom is -0.497 e. The molecule has 0 saturated carbocycles. The van der Waals surface area contributed by atoms with Crippen LogP contribution >= 0.6 is 0 Å². The van der Waals surface area contributed by atoms with Gasteiger partial charge in [0.1, 0.15) is 11.3 Å². The summed E-state index contributed by atoms with van der Waals surface area (Å²) in [7, 11) is 1.65. The van der Waals surface area contributed by atoms with E-state index in [1.807, 2.05) is 37.3 Å². The van der Waals surface area contributed by atoms with Gasteiger partial charge in [0, 0.05) is 5.56 Å². The van der Waals surface area contributed by atoms with Crippen molar-refractivity contribution in [2.75, 3.05) is 7.11 Å². The predicted molar refractivity (Wildman–Crippen MR) is 75.5 cm³/mol. The summed E-state index contributed by atoms with van der Waals surface area (Å²) in [6.45, 7) is 4.10.